The lowest BCUT2D eigenvalue weighted by atomic mass is 10.0. The molecular formula is C23H24Cl2N4O5S. The van der Waals surface area contributed by atoms with E-state index in [4.69, 9.17) is 23.2 Å². The first-order valence-corrected chi connectivity index (χ1v) is 12.2. The highest BCUT2D eigenvalue weighted by Gasteiger charge is 2.25. The highest BCUT2D eigenvalue weighted by molar-refractivity contribution is 7.83. The first kappa shape index (κ1) is 26.5. The molecule has 0 saturated heterocycles. The Balaban J connectivity index is 1.64. The molecule has 0 aliphatic carbocycles. The zero-order chi connectivity index (χ0) is 25.9. The minimum Gasteiger partial charge on any atom is -0.469 e. The number of ether oxygens (including phenoxy) is 1. The number of aryl methyl sites for hydroxylation is 1. The lowest BCUT2D eigenvalue weighted by molar-refractivity contribution is -0.141. The summed E-state index contributed by atoms with van der Waals surface area (Å²) in [7, 11) is 1.14. The van der Waals surface area contributed by atoms with Crippen LogP contribution in [0.3, 0.4) is 0 Å². The van der Waals surface area contributed by atoms with Crippen molar-refractivity contribution in [3.05, 3.63) is 58.2 Å². The molecule has 0 saturated carbocycles. The molecule has 0 radical (unpaired) electrons. The Labute approximate surface area is 214 Å². The number of benzene rings is 2. The Morgan fingerprint density at radius 2 is 1.74 bits per heavy atom. The van der Waals surface area contributed by atoms with Gasteiger partial charge in [-0.15, -0.1) is 0 Å². The molecule has 0 fully saturated rings. The standard InChI is InChI=1S/C23H24Cl2N4O5S/c1-23(2,12-19(30)34-4)27-22(32)28-35(33)14-7-5-13(6-8-14)26-21(31)18-11-15-17(29(18)3)10-9-16(24)20(15)25/h5-11H,12H2,1-4H3,(H,26,31)(H2,27,28,32). The molecule has 9 nitrogen and oxygen atoms in total. The summed E-state index contributed by atoms with van der Waals surface area (Å²) < 4.78 is 21.1. The van der Waals surface area contributed by atoms with Crippen LogP contribution in [0.5, 0.6) is 0 Å². The van der Waals surface area contributed by atoms with Crippen molar-refractivity contribution in [1.29, 1.82) is 0 Å². The highest BCUT2D eigenvalue weighted by atomic mass is 35.5. The summed E-state index contributed by atoms with van der Waals surface area (Å²) in [6.07, 6.45) is -0.0477. The fraction of sp³-hybridized carbons (Fsp3) is 0.261. The van der Waals surface area contributed by atoms with Crippen molar-refractivity contribution in [1.82, 2.24) is 14.6 Å². The van der Waals surface area contributed by atoms with Crippen LogP contribution in [0.15, 0.2) is 47.4 Å². The molecule has 0 aliphatic rings. The van der Waals surface area contributed by atoms with Gasteiger partial charge >= 0.3 is 12.0 Å². The molecule has 2 aromatic carbocycles. The third kappa shape index (κ3) is 6.33. The van der Waals surface area contributed by atoms with Crippen molar-refractivity contribution < 1.29 is 23.3 Å². The number of rotatable bonds is 7. The second kappa shape index (κ2) is 10.7. The van der Waals surface area contributed by atoms with E-state index < -0.39 is 28.5 Å². The first-order valence-electron chi connectivity index (χ1n) is 10.3. The summed E-state index contributed by atoms with van der Waals surface area (Å²) in [6.45, 7) is 3.28. The van der Waals surface area contributed by atoms with Gasteiger partial charge in [-0.3, -0.25) is 14.3 Å². The van der Waals surface area contributed by atoms with E-state index in [0.29, 0.717) is 31.7 Å². The van der Waals surface area contributed by atoms with E-state index >= 15 is 0 Å². The molecule has 1 atom stereocenters. The fourth-order valence-corrected chi connectivity index (χ4v) is 4.48. The summed E-state index contributed by atoms with van der Waals surface area (Å²) in [5, 5.41) is 6.79. The zero-order valence-electron chi connectivity index (χ0n) is 19.4. The third-order valence-electron chi connectivity index (χ3n) is 5.12. The predicted molar refractivity (Wildman–Crippen MR) is 136 cm³/mol. The third-order valence-corrected chi connectivity index (χ3v) is 7.01. The number of fused-ring (bicyclic) bond motifs is 1. The van der Waals surface area contributed by atoms with Gasteiger partial charge in [-0.05, 0) is 56.3 Å². The summed E-state index contributed by atoms with van der Waals surface area (Å²) in [5.74, 6) is -0.848. The number of aromatic nitrogens is 1. The molecule has 3 N–H and O–H groups in total. The lowest BCUT2D eigenvalue weighted by Gasteiger charge is -2.24. The molecular weight excluding hydrogens is 515 g/mol. The van der Waals surface area contributed by atoms with Crippen molar-refractivity contribution in [3.8, 4) is 0 Å². The number of hydrogen-bond acceptors (Lipinski definition) is 5. The molecule has 35 heavy (non-hydrogen) atoms. The molecule has 0 bridgehead atoms. The number of nitrogens with one attached hydrogen (secondary N) is 3. The number of amides is 3. The SMILES string of the molecule is COC(=O)CC(C)(C)NC(=O)NS(=O)c1ccc(NC(=O)c2cc3c(Cl)c(Cl)ccc3n2C)cc1. The minimum atomic E-state index is -1.86. The molecule has 0 spiro atoms. The van der Waals surface area contributed by atoms with Crippen molar-refractivity contribution in [2.75, 3.05) is 12.4 Å². The number of halogens is 2. The molecule has 3 aromatic rings. The molecule has 1 unspecified atom stereocenters. The van der Waals surface area contributed by atoms with E-state index in [-0.39, 0.29) is 12.3 Å². The van der Waals surface area contributed by atoms with Crippen molar-refractivity contribution in [2.45, 2.75) is 30.7 Å². The largest absolute Gasteiger partial charge is 0.469 e. The maximum atomic E-state index is 12.8. The molecule has 186 valence electrons. The van der Waals surface area contributed by atoms with Gasteiger partial charge in [0.1, 0.15) is 5.69 Å². The Hall–Kier alpha value is -3.08. The second-order valence-corrected chi connectivity index (χ2v) is 10.3. The van der Waals surface area contributed by atoms with Crippen LogP contribution < -0.4 is 15.4 Å². The number of anilines is 1. The van der Waals surface area contributed by atoms with Crippen molar-refractivity contribution in [3.63, 3.8) is 0 Å². The predicted octanol–water partition coefficient (Wildman–Crippen LogP) is 4.40. The Bertz CT molecular complexity index is 1320. The van der Waals surface area contributed by atoms with Crippen LogP contribution in [0.2, 0.25) is 10.0 Å². The van der Waals surface area contributed by atoms with Gasteiger partial charge in [0, 0.05) is 29.2 Å². The molecule has 3 rings (SSSR count). The quantitative estimate of drug-likeness (QED) is 0.385. The van der Waals surface area contributed by atoms with Gasteiger partial charge in [-0.1, -0.05) is 23.2 Å². The minimum absolute atomic E-state index is 0.0477. The molecule has 1 heterocycles. The molecule has 1 aromatic heterocycles. The van der Waals surface area contributed by atoms with Gasteiger partial charge in [-0.25, -0.2) is 9.00 Å². The van der Waals surface area contributed by atoms with Crippen LogP contribution in [0.25, 0.3) is 10.9 Å². The van der Waals surface area contributed by atoms with E-state index in [1.165, 1.54) is 19.2 Å². The van der Waals surface area contributed by atoms with E-state index in [1.807, 2.05) is 0 Å². The van der Waals surface area contributed by atoms with E-state index in [0.717, 1.165) is 5.52 Å². The van der Waals surface area contributed by atoms with Crippen molar-refractivity contribution >= 4 is 68.7 Å². The average Bonchev–Trinajstić information content (AvgIpc) is 3.13. The number of methoxy groups -OCH3 is 1. The number of nitrogens with zero attached hydrogens (tertiary/aromatic N) is 1. The van der Waals surface area contributed by atoms with Gasteiger partial charge < -0.3 is 19.9 Å². The van der Waals surface area contributed by atoms with Crippen LogP contribution in [0.4, 0.5) is 10.5 Å². The Morgan fingerprint density at radius 3 is 2.37 bits per heavy atom. The maximum absolute atomic E-state index is 12.8. The maximum Gasteiger partial charge on any atom is 0.327 e. The van der Waals surface area contributed by atoms with Crippen LogP contribution in [0, 0.1) is 0 Å². The average molecular weight is 539 g/mol. The monoisotopic (exact) mass is 538 g/mol. The topological polar surface area (TPSA) is 119 Å². The second-order valence-electron chi connectivity index (χ2n) is 8.32. The number of urea groups is 1. The number of carbonyl (C=O) groups excluding carboxylic acids is 3. The van der Waals surface area contributed by atoms with Crippen LogP contribution >= 0.6 is 23.2 Å². The summed E-state index contributed by atoms with van der Waals surface area (Å²) >= 11 is 12.3. The van der Waals surface area contributed by atoms with Crippen molar-refractivity contribution in [2.24, 2.45) is 7.05 Å². The number of carbonyl (C=O) groups is 3. The smallest absolute Gasteiger partial charge is 0.327 e. The lowest BCUT2D eigenvalue weighted by Crippen LogP contribution is -2.49. The van der Waals surface area contributed by atoms with E-state index in [2.05, 4.69) is 20.1 Å². The van der Waals surface area contributed by atoms with Crippen LogP contribution in [-0.4, -0.2) is 39.3 Å². The van der Waals surface area contributed by atoms with Crippen LogP contribution in [0.1, 0.15) is 30.8 Å². The fourth-order valence-electron chi connectivity index (χ4n) is 3.38. The van der Waals surface area contributed by atoms with Crippen LogP contribution in [-0.2, 0) is 27.6 Å². The number of hydrogen-bond donors (Lipinski definition) is 3. The van der Waals surface area contributed by atoms with E-state index in [9.17, 15) is 18.6 Å². The van der Waals surface area contributed by atoms with Gasteiger partial charge in [0.25, 0.3) is 5.91 Å². The summed E-state index contributed by atoms with van der Waals surface area (Å²) in [5.41, 5.74) is 0.709. The normalized spacial score (nSPS) is 12.2. The summed E-state index contributed by atoms with van der Waals surface area (Å²) in [4.78, 5) is 36.8. The van der Waals surface area contributed by atoms with Gasteiger partial charge in [-0.2, -0.15) is 0 Å². The van der Waals surface area contributed by atoms with Gasteiger partial charge in [0.15, 0.2) is 11.0 Å². The molecule has 12 heteroatoms. The highest BCUT2D eigenvalue weighted by Crippen LogP contribution is 2.32. The molecule has 3 amide bonds. The molecule has 0 aliphatic heterocycles. The Morgan fingerprint density at radius 1 is 1.09 bits per heavy atom. The first-order chi connectivity index (χ1) is 16.4. The van der Waals surface area contributed by atoms with E-state index in [1.54, 1.807) is 55.8 Å². The Kier molecular flexibility index (Phi) is 8.09. The summed E-state index contributed by atoms with van der Waals surface area (Å²) in [6, 6.07) is 10.6. The zero-order valence-corrected chi connectivity index (χ0v) is 21.7. The van der Waals surface area contributed by atoms with Gasteiger partial charge in [0.2, 0.25) is 0 Å². The number of esters is 1. The van der Waals surface area contributed by atoms with Gasteiger partial charge in [0.05, 0.1) is 28.5 Å².